The summed E-state index contributed by atoms with van der Waals surface area (Å²) in [5.41, 5.74) is 0.0627. The summed E-state index contributed by atoms with van der Waals surface area (Å²) in [6.45, 7) is 7.45. The van der Waals surface area contributed by atoms with Crippen molar-refractivity contribution in [3.05, 3.63) is 47.6 Å². The van der Waals surface area contributed by atoms with Gasteiger partial charge in [-0.3, -0.25) is 4.79 Å². The van der Waals surface area contributed by atoms with Gasteiger partial charge in [0, 0.05) is 30.3 Å². The van der Waals surface area contributed by atoms with Gasteiger partial charge in [-0.1, -0.05) is 49.0 Å². The van der Waals surface area contributed by atoms with Crippen LogP contribution in [0.4, 0.5) is 0 Å². The first-order chi connectivity index (χ1) is 17.0. The predicted molar refractivity (Wildman–Crippen MR) is 137 cm³/mol. The molecule has 7 heteroatoms. The highest BCUT2D eigenvalue weighted by atomic mass is 16.5. The number of fused-ring (bicyclic) bond motifs is 3. The number of aliphatic hydroxyl groups excluding tert-OH is 3. The van der Waals surface area contributed by atoms with Crippen molar-refractivity contribution >= 4 is 11.9 Å². The third-order valence-electron chi connectivity index (χ3n) is 8.61. The zero-order valence-corrected chi connectivity index (χ0v) is 21.8. The molecule has 3 aliphatic rings. The van der Waals surface area contributed by atoms with Crippen LogP contribution in [0.15, 0.2) is 47.6 Å². The van der Waals surface area contributed by atoms with Gasteiger partial charge in [-0.2, -0.15) is 0 Å². The molecule has 9 atom stereocenters. The second-order valence-corrected chi connectivity index (χ2v) is 11.1. The Bertz CT molecular complexity index is 932. The van der Waals surface area contributed by atoms with Crippen molar-refractivity contribution in [3.63, 3.8) is 0 Å². The van der Waals surface area contributed by atoms with Crippen molar-refractivity contribution in [2.45, 2.75) is 78.1 Å². The lowest BCUT2D eigenvalue weighted by atomic mass is 9.52. The van der Waals surface area contributed by atoms with Crippen LogP contribution in [0.2, 0.25) is 0 Å². The molecule has 7 nitrogen and oxygen atoms in total. The Hall–Kier alpha value is -2.22. The molecule has 0 aromatic carbocycles. The zero-order valence-electron chi connectivity index (χ0n) is 21.8. The lowest BCUT2D eigenvalue weighted by molar-refractivity contribution is -0.172. The molecule has 200 valence electrons. The minimum absolute atomic E-state index is 0.0189. The number of cyclic esters (lactones) is 1. The van der Waals surface area contributed by atoms with Crippen LogP contribution in [0.5, 0.6) is 0 Å². The second-order valence-electron chi connectivity index (χ2n) is 11.1. The predicted octanol–water partition coefficient (Wildman–Crippen LogP) is 3.80. The minimum Gasteiger partial charge on any atom is -0.478 e. The smallest absolute Gasteiger partial charge is 0.333 e. The molecule has 0 radical (unpaired) electrons. The van der Waals surface area contributed by atoms with Gasteiger partial charge in [0.25, 0.3) is 0 Å². The number of carboxylic acids is 1. The van der Waals surface area contributed by atoms with E-state index in [0.717, 1.165) is 5.57 Å². The van der Waals surface area contributed by atoms with E-state index >= 15 is 0 Å². The normalized spacial score (nSPS) is 43.6. The van der Waals surface area contributed by atoms with Crippen LogP contribution in [-0.2, 0) is 14.3 Å². The maximum Gasteiger partial charge on any atom is 0.333 e. The highest BCUT2D eigenvalue weighted by Gasteiger charge is 2.56. The van der Waals surface area contributed by atoms with Crippen LogP contribution in [0.3, 0.4) is 0 Å². The zero-order chi connectivity index (χ0) is 26.6. The molecule has 0 unspecified atom stereocenters. The first-order valence-electron chi connectivity index (χ1n) is 13.2. The molecule has 0 saturated heterocycles. The van der Waals surface area contributed by atoms with Gasteiger partial charge in [-0.05, 0) is 58.8 Å². The minimum atomic E-state index is -1.13. The fourth-order valence-electron chi connectivity index (χ4n) is 6.33. The summed E-state index contributed by atoms with van der Waals surface area (Å²) in [4.78, 5) is 25.5. The molecular formula is C29H42O7. The van der Waals surface area contributed by atoms with Crippen molar-refractivity contribution in [1.29, 1.82) is 0 Å². The maximum atomic E-state index is 13.8. The second kappa shape index (κ2) is 11.9. The van der Waals surface area contributed by atoms with Gasteiger partial charge in [-0.25, -0.2) is 4.79 Å². The van der Waals surface area contributed by atoms with E-state index in [9.17, 15) is 30.0 Å². The highest BCUT2D eigenvalue weighted by molar-refractivity contribution is 5.87. The van der Waals surface area contributed by atoms with Gasteiger partial charge in [0.05, 0.1) is 29.3 Å². The number of carbonyl (C=O) groups excluding carboxylic acids is 1. The average molecular weight is 503 g/mol. The summed E-state index contributed by atoms with van der Waals surface area (Å²) in [5.74, 6) is -2.64. The first-order valence-corrected chi connectivity index (χ1v) is 13.2. The monoisotopic (exact) mass is 502 g/mol. The van der Waals surface area contributed by atoms with Crippen LogP contribution < -0.4 is 0 Å². The molecule has 0 bridgehead atoms. The molecule has 1 saturated carbocycles. The Morgan fingerprint density at radius 2 is 1.83 bits per heavy atom. The Labute approximate surface area is 214 Å². The molecule has 4 N–H and O–H groups in total. The van der Waals surface area contributed by atoms with E-state index in [-0.39, 0.29) is 47.9 Å². The summed E-state index contributed by atoms with van der Waals surface area (Å²) in [6, 6.07) is 0. The third-order valence-corrected chi connectivity index (χ3v) is 8.61. The fraction of sp³-hybridized carbons (Fsp3) is 0.655. The molecule has 3 rings (SSSR count). The summed E-state index contributed by atoms with van der Waals surface area (Å²) in [6.07, 6.45) is 11.8. The van der Waals surface area contributed by atoms with Gasteiger partial charge >= 0.3 is 11.9 Å². The topological polar surface area (TPSA) is 124 Å². The molecule has 1 fully saturated rings. The van der Waals surface area contributed by atoms with Crippen molar-refractivity contribution in [2.75, 3.05) is 6.61 Å². The average Bonchev–Trinajstić information content (AvgIpc) is 2.82. The number of hydrogen-bond acceptors (Lipinski definition) is 6. The largest absolute Gasteiger partial charge is 0.478 e. The molecule has 0 aromatic heterocycles. The Balaban J connectivity index is 2.01. The number of aliphatic hydroxyl groups is 3. The van der Waals surface area contributed by atoms with Crippen molar-refractivity contribution < 1.29 is 34.8 Å². The standard InChI is InChI=1S/C29H42O7/c1-17-9-5-8-12-23-18(2)15-22-24(14-13-20(16-30)26(22)32)29(23,4)28(35)36-19(3)10-6-7-11-21(25(17)31)27(33)34/h5,8-9,11-12,15,17,19-20,22-26,30-32H,6-7,10,13-14,16H2,1-4H3,(H,33,34)/b9-5+,12-8+,21-11+/t17-,19+,20+,22+,23-,24-,25+,26+,29-/m0/s1. The van der Waals surface area contributed by atoms with E-state index in [2.05, 4.69) is 6.08 Å². The Kier molecular flexibility index (Phi) is 9.36. The number of carboxylic acid groups (broad SMARTS) is 1. The molecule has 0 aromatic rings. The summed E-state index contributed by atoms with van der Waals surface area (Å²) < 4.78 is 5.99. The van der Waals surface area contributed by atoms with Gasteiger partial charge in [0.2, 0.25) is 0 Å². The van der Waals surface area contributed by atoms with E-state index in [1.165, 1.54) is 0 Å². The van der Waals surface area contributed by atoms with E-state index in [4.69, 9.17) is 4.74 Å². The van der Waals surface area contributed by atoms with Crippen molar-refractivity contribution in [1.82, 2.24) is 0 Å². The molecule has 0 amide bonds. The number of ether oxygens (including phenoxy) is 1. The number of hydrogen-bond donors (Lipinski definition) is 4. The SMILES string of the molecule is CC1=C[C@H]2[C@H](O)[C@@H](CO)CC[C@@H]2[C@@]2(C)C(=O)O[C@H](C)CCC/C=C(/C(=O)O)[C@H](O)[C@@H](C)/C=C/C=C/[C@@H]12. The van der Waals surface area contributed by atoms with Crippen LogP contribution >= 0.6 is 0 Å². The maximum absolute atomic E-state index is 13.8. The Morgan fingerprint density at radius 3 is 2.50 bits per heavy atom. The lowest BCUT2D eigenvalue weighted by Gasteiger charge is -2.52. The van der Waals surface area contributed by atoms with Gasteiger partial charge in [-0.15, -0.1) is 0 Å². The molecule has 1 aliphatic heterocycles. The van der Waals surface area contributed by atoms with Gasteiger partial charge in [0.1, 0.15) is 0 Å². The van der Waals surface area contributed by atoms with Crippen molar-refractivity contribution in [3.8, 4) is 0 Å². The number of esters is 1. The van der Waals surface area contributed by atoms with Crippen LogP contribution in [-0.4, -0.2) is 57.3 Å². The van der Waals surface area contributed by atoms with Crippen molar-refractivity contribution in [2.24, 2.45) is 35.0 Å². The molecule has 0 spiro atoms. The highest BCUT2D eigenvalue weighted by Crippen LogP contribution is 2.55. The third kappa shape index (κ3) is 5.68. The summed E-state index contributed by atoms with van der Waals surface area (Å²) in [5, 5.41) is 40.9. The van der Waals surface area contributed by atoms with Gasteiger partial charge < -0.3 is 25.2 Å². The van der Waals surface area contributed by atoms with Crippen LogP contribution in [0.1, 0.15) is 59.8 Å². The first kappa shape index (κ1) is 28.4. The fourth-order valence-corrected chi connectivity index (χ4v) is 6.33. The van der Waals surface area contributed by atoms with Gasteiger partial charge in [0.15, 0.2) is 0 Å². The molecular weight excluding hydrogens is 460 g/mol. The number of allylic oxidation sites excluding steroid dienone is 5. The number of carbonyl (C=O) groups is 2. The quantitative estimate of drug-likeness (QED) is 0.334. The van der Waals surface area contributed by atoms with E-state index < -0.39 is 29.5 Å². The Morgan fingerprint density at radius 1 is 1.14 bits per heavy atom. The summed E-state index contributed by atoms with van der Waals surface area (Å²) >= 11 is 0. The van der Waals surface area contributed by atoms with E-state index in [0.29, 0.717) is 32.1 Å². The van der Waals surface area contributed by atoms with Crippen LogP contribution in [0.25, 0.3) is 0 Å². The number of aliphatic carboxylic acids is 1. The molecule has 1 heterocycles. The van der Waals surface area contributed by atoms with Crippen LogP contribution in [0, 0.1) is 35.0 Å². The van der Waals surface area contributed by atoms with E-state index in [1.807, 2.05) is 32.9 Å². The molecule has 36 heavy (non-hydrogen) atoms. The lowest BCUT2D eigenvalue weighted by Crippen LogP contribution is -2.55. The van der Waals surface area contributed by atoms with E-state index in [1.54, 1.807) is 25.2 Å². The summed E-state index contributed by atoms with van der Waals surface area (Å²) in [7, 11) is 0. The molecule has 2 aliphatic carbocycles. The number of rotatable bonds is 2.